The molecule has 3 aliphatic rings. The molecule has 0 bridgehead atoms. The van der Waals surface area contributed by atoms with Crippen LogP contribution in [0.1, 0.15) is 28.8 Å². The lowest BCUT2D eigenvalue weighted by Gasteiger charge is -2.53. The number of aliphatic hydroxyl groups is 4. The number of fused-ring (bicyclic) bond motifs is 3. The number of nitrogens with one attached hydrogen (secondary N) is 1. The molecule has 6 rings (SSSR count). The van der Waals surface area contributed by atoms with E-state index in [9.17, 15) is 50.0 Å². The molecule has 0 aliphatic heterocycles. The van der Waals surface area contributed by atoms with Gasteiger partial charge in [0.05, 0.1) is 39.9 Å². The Morgan fingerprint density at radius 3 is 2.51 bits per heavy atom. The van der Waals surface area contributed by atoms with Gasteiger partial charge in [-0.05, 0) is 31.6 Å². The molecule has 1 heterocycles. The minimum Gasteiger partial charge on any atom is -0.510 e. The number of amides is 1. The maximum absolute atomic E-state index is 14.1. The van der Waals surface area contributed by atoms with Crippen LogP contribution in [0.3, 0.4) is 0 Å². The largest absolute Gasteiger partial charge is 0.510 e. The predicted octanol–water partition coefficient (Wildman–Crippen LogP) is 2.43. The molecule has 244 valence electrons. The van der Waals surface area contributed by atoms with Gasteiger partial charge in [-0.15, -0.1) is 11.3 Å². The van der Waals surface area contributed by atoms with Crippen LogP contribution >= 0.6 is 11.3 Å². The zero-order chi connectivity index (χ0) is 34.3. The van der Waals surface area contributed by atoms with Crippen LogP contribution in [0.5, 0.6) is 5.75 Å². The number of aliphatic hydroxyl groups excluding tert-OH is 3. The van der Waals surface area contributed by atoms with Crippen molar-refractivity contribution in [2.75, 3.05) is 19.4 Å². The van der Waals surface area contributed by atoms with Crippen molar-refractivity contribution in [2.24, 2.45) is 17.6 Å². The van der Waals surface area contributed by atoms with E-state index in [-0.39, 0.29) is 22.1 Å². The molecule has 0 saturated carbocycles. The number of hydrogen-bond acceptors (Lipinski definition) is 14. The molecule has 0 spiro atoms. The number of carbonyl (C=O) groups is 3. The summed E-state index contributed by atoms with van der Waals surface area (Å²) in [6.07, 6.45) is -1.70. The van der Waals surface area contributed by atoms with E-state index >= 15 is 0 Å². The number of phenolic OH excluding ortho intramolecular Hbond substituents is 1. The lowest BCUT2D eigenvalue weighted by molar-refractivity contribution is -0.384. The van der Waals surface area contributed by atoms with Crippen molar-refractivity contribution in [3.63, 3.8) is 0 Å². The number of rotatable bonds is 6. The molecule has 0 unspecified atom stereocenters. The maximum atomic E-state index is 14.1. The number of carbonyl (C=O) groups excluding carboxylic acids is 3. The molecule has 16 heteroatoms. The molecule has 47 heavy (non-hydrogen) atoms. The average Bonchev–Trinajstić information content (AvgIpc) is 3.48. The summed E-state index contributed by atoms with van der Waals surface area (Å²) in [6, 6.07) is 7.58. The van der Waals surface area contributed by atoms with Gasteiger partial charge in [-0.3, -0.25) is 29.4 Å². The lowest BCUT2D eigenvalue weighted by atomic mass is 9.55. The van der Waals surface area contributed by atoms with E-state index in [1.54, 1.807) is 24.4 Å². The van der Waals surface area contributed by atoms with Crippen molar-refractivity contribution < 1.29 is 44.8 Å². The summed E-state index contributed by atoms with van der Waals surface area (Å²) in [4.78, 5) is 56.3. The number of Topliss-reactive ketones (excluding diaryl/α,β-unsaturated/α-hetero) is 2. The van der Waals surface area contributed by atoms with Gasteiger partial charge in [-0.25, -0.2) is 4.98 Å². The molecule has 15 nitrogen and oxygen atoms in total. The fourth-order valence-electron chi connectivity index (χ4n) is 7.08. The zero-order valence-corrected chi connectivity index (χ0v) is 25.8. The van der Waals surface area contributed by atoms with Crippen molar-refractivity contribution in [2.45, 2.75) is 30.6 Å². The van der Waals surface area contributed by atoms with E-state index < -0.39 is 86.3 Å². The third-order valence-corrected chi connectivity index (χ3v) is 9.99. The first kappa shape index (κ1) is 31.8. The summed E-state index contributed by atoms with van der Waals surface area (Å²) in [5.74, 6) is -9.81. The highest BCUT2D eigenvalue weighted by molar-refractivity contribution is 7.14. The summed E-state index contributed by atoms with van der Waals surface area (Å²) in [6.45, 7) is 1.63. The van der Waals surface area contributed by atoms with Gasteiger partial charge in [-0.1, -0.05) is 25.1 Å². The number of thiazole rings is 1. The Balaban J connectivity index is 1.43. The number of phenols is 1. The SMILES string of the molecule is C[C@@H]1c2ccc(Nc3nc(-c4cccc([N+](=O)[O-])c4)cs3)c(O)c2C(=O)C2=C(O)[C@@]3(O)C(=O)C(C(N)=O)=C(O)[C@H](N(C)C)[C@H]3[C@H](O)[C@H]21. The minimum absolute atomic E-state index is 0.0426. The summed E-state index contributed by atoms with van der Waals surface area (Å²) in [5.41, 5.74) is 1.73. The number of nitrogens with zero attached hydrogens (tertiary/aromatic N) is 3. The second kappa shape index (κ2) is 11.0. The molecular formula is C31H29N5O10S. The summed E-state index contributed by atoms with van der Waals surface area (Å²) in [5, 5.41) is 73.5. The van der Waals surface area contributed by atoms with Gasteiger partial charge in [-0.2, -0.15) is 0 Å². The second-order valence-electron chi connectivity index (χ2n) is 11.9. The van der Waals surface area contributed by atoms with Gasteiger partial charge in [0.15, 0.2) is 22.3 Å². The van der Waals surface area contributed by atoms with Crippen LogP contribution < -0.4 is 11.1 Å². The molecule has 8 N–H and O–H groups in total. The van der Waals surface area contributed by atoms with Crippen LogP contribution in [-0.4, -0.2) is 89.7 Å². The first-order chi connectivity index (χ1) is 22.1. The number of anilines is 2. The topological polar surface area (TPSA) is 250 Å². The normalized spacial score (nSPS) is 27.0. The van der Waals surface area contributed by atoms with Gasteiger partial charge in [0, 0.05) is 34.6 Å². The lowest BCUT2D eigenvalue weighted by Crippen LogP contribution is -2.68. The van der Waals surface area contributed by atoms with E-state index in [4.69, 9.17) is 5.73 Å². The number of nitro groups is 1. The second-order valence-corrected chi connectivity index (χ2v) is 12.8. The number of likely N-dealkylation sites (N-methyl/N-ethyl adjacent to an activating group) is 1. The summed E-state index contributed by atoms with van der Waals surface area (Å²) in [7, 11) is 2.93. The van der Waals surface area contributed by atoms with Crippen LogP contribution in [0.4, 0.5) is 16.5 Å². The first-order valence-corrected chi connectivity index (χ1v) is 15.1. The summed E-state index contributed by atoms with van der Waals surface area (Å²) >= 11 is 1.13. The molecule has 0 fully saturated rings. The Bertz CT molecular complexity index is 1970. The van der Waals surface area contributed by atoms with Gasteiger partial charge in [0.25, 0.3) is 11.6 Å². The van der Waals surface area contributed by atoms with Crippen molar-refractivity contribution in [1.82, 2.24) is 9.88 Å². The van der Waals surface area contributed by atoms with Gasteiger partial charge in [0.2, 0.25) is 5.78 Å². The Hall–Kier alpha value is -5.16. The van der Waals surface area contributed by atoms with Crippen LogP contribution in [0, 0.1) is 22.0 Å². The van der Waals surface area contributed by atoms with Crippen molar-refractivity contribution in [3.8, 4) is 17.0 Å². The smallest absolute Gasteiger partial charge is 0.270 e. The summed E-state index contributed by atoms with van der Waals surface area (Å²) < 4.78 is 0. The van der Waals surface area contributed by atoms with Gasteiger partial charge in [0.1, 0.15) is 17.1 Å². The molecular weight excluding hydrogens is 634 g/mol. The van der Waals surface area contributed by atoms with Gasteiger partial charge >= 0.3 is 0 Å². The van der Waals surface area contributed by atoms with Crippen LogP contribution in [0.15, 0.2) is 64.4 Å². The van der Waals surface area contributed by atoms with E-state index in [2.05, 4.69) is 10.3 Å². The van der Waals surface area contributed by atoms with Gasteiger partial charge < -0.3 is 36.6 Å². The van der Waals surface area contributed by atoms with E-state index in [1.165, 1.54) is 43.3 Å². The third kappa shape index (κ3) is 4.51. The number of primary amides is 1. The standard InChI is InChI=1S/C31H29N5O10S/c1-11-14-7-8-15(33-30-34-16(10-47-30)12-5-4-6-13(9-12)36(45)46)23(37)18(14)24(38)19-17(11)25(39)21-22(35(2)3)26(40)20(29(32)43)28(42)31(21,44)27(19)41/h4-11,17,21-22,25,37,39-41,44H,1-3H3,(H2,32,43)(H,33,34)/t11-,17+,21+,22-,25-,31-/m1/s1. The first-order valence-electron chi connectivity index (χ1n) is 14.3. The number of aromatic hydroxyl groups is 1. The average molecular weight is 664 g/mol. The molecule has 1 aromatic heterocycles. The highest BCUT2D eigenvalue weighted by Crippen LogP contribution is 2.56. The number of benzene rings is 2. The molecule has 3 aliphatic carbocycles. The number of ketones is 2. The van der Waals surface area contributed by atoms with Crippen LogP contribution in [-0.2, 0) is 9.59 Å². The number of non-ortho nitro benzene ring substituents is 1. The van der Waals surface area contributed by atoms with E-state index in [0.29, 0.717) is 16.8 Å². The number of nitrogens with two attached hydrogens (primary N) is 1. The quantitative estimate of drug-likeness (QED) is 0.0867. The Morgan fingerprint density at radius 1 is 1.17 bits per heavy atom. The maximum Gasteiger partial charge on any atom is 0.270 e. The monoisotopic (exact) mass is 663 g/mol. The minimum atomic E-state index is -3.01. The third-order valence-electron chi connectivity index (χ3n) is 9.23. The molecule has 6 atom stereocenters. The number of nitro benzene ring substituents is 1. The zero-order valence-electron chi connectivity index (χ0n) is 25.0. The fourth-order valence-corrected chi connectivity index (χ4v) is 7.81. The predicted molar refractivity (Wildman–Crippen MR) is 167 cm³/mol. The number of hydrogen-bond donors (Lipinski definition) is 7. The molecule has 0 saturated heterocycles. The molecule has 0 radical (unpaired) electrons. The van der Waals surface area contributed by atoms with Crippen molar-refractivity contribution in [1.29, 1.82) is 0 Å². The highest BCUT2D eigenvalue weighted by Gasteiger charge is 2.67. The van der Waals surface area contributed by atoms with Crippen molar-refractivity contribution >= 4 is 45.3 Å². The van der Waals surface area contributed by atoms with E-state index in [1.807, 2.05) is 0 Å². The van der Waals surface area contributed by atoms with E-state index in [0.717, 1.165) is 11.3 Å². The molecule has 3 aromatic rings. The molecule has 1 amide bonds. The Kier molecular flexibility index (Phi) is 7.43. The Labute approximate surface area is 270 Å². The van der Waals surface area contributed by atoms with Crippen molar-refractivity contribution in [3.05, 3.63) is 85.7 Å². The van der Waals surface area contributed by atoms with Crippen LogP contribution in [0.25, 0.3) is 11.3 Å². The highest BCUT2D eigenvalue weighted by atomic mass is 32.1. The van der Waals surface area contributed by atoms with Crippen LogP contribution in [0.2, 0.25) is 0 Å². The Morgan fingerprint density at radius 2 is 1.87 bits per heavy atom. The fraction of sp³-hybridized carbons (Fsp3) is 0.290. The molecule has 2 aromatic carbocycles. The number of aromatic nitrogens is 1.